The second-order valence-electron chi connectivity index (χ2n) is 6.00. The van der Waals surface area contributed by atoms with E-state index in [-0.39, 0.29) is 6.04 Å². The van der Waals surface area contributed by atoms with Gasteiger partial charge >= 0.3 is 0 Å². The first-order valence-corrected chi connectivity index (χ1v) is 9.72. The number of anilines is 1. The molecule has 4 rings (SSSR count). The quantitative estimate of drug-likeness (QED) is 0.673. The third kappa shape index (κ3) is 3.26. The summed E-state index contributed by atoms with van der Waals surface area (Å²) in [6.07, 6.45) is 4.13. The van der Waals surface area contributed by atoms with Crippen molar-refractivity contribution in [1.82, 2.24) is 14.8 Å². The van der Waals surface area contributed by atoms with Crippen molar-refractivity contribution in [1.29, 1.82) is 0 Å². The van der Waals surface area contributed by atoms with Gasteiger partial charge in [0.25, 0.3) is 0 Å². The van der Waals surface area contributed by atoms with Gasteiger partial charge in [0, 0.05) is 5.70 Å². The SMILES string of the molecule is COc1ccc([C@@H]2C=C(c3ccccc3)Nc3nc(SC)nn32)cc1OC. The highest BCUT2D eigenvalue weighted by Gasteiger charge is 2.26. The van der Waals surface area contributed by atoms with E-state index in [9.17, 15) is 0 Å². The minimum Gasteiger partial charge on any atom is -0.493 e. The molecule has 0 saturated heterocycles. The van der Waals surface area contributed by atoms with Gasteiger partial charge in [0.1, 0.15) is 6.04 Å². The maximum Gasteiger partial charge on any atom is 0.227 e. The Balaban J connectivity index is 1.83. The first-order chi connectivity index (χ1) is 13.2. The van der Waals surface area contributed by atoms with Gasteiger partial charge in [0.2, 0.25) is 11.1 Å². The summed E-state index contributed by atoms with van der Waals surface area (Å²) in [7, 11) is 3.28. The van der Waals surface area contributed by atoms with Crippen molar-refractivity contribution in [2.45, 2.75) is 11.2 Å². The van der Waals surface area contributed by atoms with Crippen molar-refractivity contribution in [3.05, 3.63) is 65.7 Å². The van der Waals surface area contributed by atoms with Crippen molar-refractivity contribution < 1.29 is 9.47 Å². The minimum atomic E-state index is -0.107. The van der Waals surface area contributed by atoms with E-state index in [1.807, 2.05) is 47.3 Å². The summed E-state index contributed by atoms with van der Waals surface area (Å²) in [5.74, 6) is 2.11. The van der Waals surface area contributed by atoms with Gasteiger partial charge in [-0.3, -0.25) is 0 Å². The number of fused-ring (bicyclic) bond motifs is 1. The molecule has 1 aromatic heterocycles. The van der Waals surface area contributed by atoms with Crippen LogP contribution in [0.5, 0.6) is 11.5 Å². The van der Waals surface area contributed by atoms with E-state index in [1.165, 1.54) is 11.8 Å². The Bertz CT molecular complexity index is 985. The second-order valence-corrected chi connectivity index (χ2v) is 6.77. The van der Waals surface area contributed by atoms with Crippen LogP contribution in [0.25, 0.3) is 5.70 Å². The van der Waals surface area contributed by atoms with Crippen LogP contribution in [-0.2, 0) is 0 Å². The molecule has 0 bridgehead atoms. The lowest BCUT2D eigenvalue weighted by Crippen LogP contribution is -2.20. The van der Waals surface area contributed by atoms with Gasteiger partial charge in [-0.25, -0.2) is 4.68 Å². The summed E-state index contributed by atoms with van der Waals surface area (Å²) in [5.41, 5.74) is 3.15. The van der Waals surface area contributed by atoms with Gasteiger partial charge in [-0.15, -0.1) is 5.10 Å². The molecule has 138 valence electrons. The number of hydrogen-bond donors (Lipinski definition) is 1. The smallest absolute Gasteiger partial charge is 0.227 e. The van der Waals surface area contributed by atoms with E-state index < -0.39 is 0 Å². The molecular formula is C20H20N4O2S. The standard InChI is InChI=1S/C20H20N4O2S/c1-25-17-10-9-14(11-18(17)26-2)16-12-15(13-7-5-4-6-8-13)21-19-22-20(27-3)23-24(16)19/h4-12,16H,1-3H3,(H,21,22,23)/t16-/m0/s1. The average molecular weight is 380 g/mol. The number of benzene rings is 2. The zero-order valence-electron chi connectivity index (χ0n) is 15.3. The molecule has 6 nitrogen and oxygen atoms in total. The third-order valence-corrected chi connectivity index (χ3v) is 5.00. The van der Waals surface area contributed by atoms with Gasteiger partial charge in [-0.05, 0) is 35.6 Å². The van der Waals surface area contributed by atoms with Crippen LogP contribution in [0, 0.1) is 0 Å². The van der Waals surface area contributed by atoms with E-state index in [4.69, 9.17) is 9.47 Å². The van der Waals surface area contributed by atoms with Crippen molar-refractivity contribution in [3.8, 4) is 11.5 Å². The lowest BCUT2D eigenvalue weighted by atomic mass is 10.0. The normalized spacial score (nSPS) is 15.5. The highest BCUT2D eigenvalue weighted by atomic mass is 32.2. The van der Waals surface area contributed by atoms with Crippen LogP contribution in [-0.4, -0.2) is 35.2 Å². The van der Waals surface area contributed by atoms with E-state index in [1.54, 1.807) is 14.2 Å². The summed E-state index contributed by atoms with van der Waals surface area (Å²) in [5, 5.41) is 8.77. The van der Waals surface area contributed by atoms with Gasteiger partial charge in [0.05, 0.1) is 14.2 Å². The van der Waals surface area contributed by atoms with Crippen LogP contribution in [0.4, 0.5) is 5.95 Å². The molecule has 1 aliphatic rings. The average Bonchev–Trinajstić information content (AvgIpc) is 3.16. The van der Waals surface area contributed by atoms with E-state index in [2.05, 4.69) is 33.6 Å². The number of methoxy groups -OCH3 is 2. The monoisotopic (exact) mass is 380 g/mol. The molecule has 3 aromatic rings. The predicted molar refractivity (Wildman–Crippen MR) is 108 cm³/mol. The Kier molecular flexibility index (Phi) is 4.77. The van der Waals surface area contributed by atoms with Crippen LogP contribution in [0.2, 0.25) is 0 Å². The van der Waals surface area contributed by atoms with Crippen LogP contribution < -0.4 is 14.8 Å². The summed E-state index contributed by atoms with van der Waals surface area (Å²) >= 11 is 1.52. The molecule has 1 aliphatic heterocycles. The molecule has 0 radical (unpaired) electrons. The summed E-state index contributed by atoms with van der Waals surface area (Å²) in [6.45, 7) is 0. The first-order valence-electron chi connectivity index (χ1n) is 8.50. The Morgan fingerprint density at radius 3 is 2.52 bits per heavy atom. The lowest BCUT2D eigenvalue weighted by Gasteiger charge is -2.25. The fourth-order valence-electron chi connectivity index (χ4n) is 3.12. The summed E-state index contributed by atoms with van der Waals surface area (Å²) in [6, 6.07) is 16.0. The lowest BCUT2D eigenvalue weighted by molar-refractivity contribution is 0.354. The predicted octanol–water partition coefficient (Wildman–Crippen LogP) is 4.07. The third-order valence-electron chi connectivity index (χ3n) is 4.46. The zero-order valence-corrected chi connectivity index (χ0v) is 16.2. The molecular weight excluding hydrogens is 360 g/mol. The second kappa shape index (κ2) is 7.36. The number of allylic oxidation sites excluding steroid dienone is 1. The number of nitrogens with one attached hydrogen (secondary N) is 1. The topological polar surface area (TPSA) is 61.2 Å². The van der Waals surface area contributed by atoms with E-state index >= 15 is 0 Å². The maximum absolute atomic E-state index is 5.48. The molecule has 1 N–H and O–H groups in total. The minimum absolute atomic E-state index is 0.107. The highest BCUT2D eigenvalue weighted by molar-refractivity contribution is 7.98. The number of hydrogen-bond acceptors (Lipinski definition) is 6. The Labute approximate surface area is 162 Å². The van der Waals surface area contributed by atoms with Gasteiger partial charge < -0.3 is 14.8 Å². The van der Waals surface area contributed by atoms with Gasteiger partial charge in [0.15, 0.2) is 11.5 Å². The van der Waals surface area contributed by atoms with Crippen LogP contribution >= 0.6 is 11.8 Å². The van der Waals surface area contributed by atoms with E-state index in [0.717, 1.165) is 27.9 Å². The summed E-state index contributed by atoms with van der Waals surface area (Å²) in [4.78, 5) is 4.60. The zero-order chi connectivity index (χ0) is 18.8. The number of rotatable bonds is 5. The Hall–Kier alpha value is -2.93. The largest absolute Gasteiger partial charge is 0.493 e. The fraction of sp³-hybridized carbons (Fsp3) is 0.200. The van der Waals surface area contributed by atoms with Crippen molar-refractivity contribution in [2.75, 3.05) is 25.8 Å². The molecule has 0 spiro atoms. The maximum atomic E-state index is 5.48. The molecule has 0 amide bonds. The summed E-state index contributed by atoms with van der Waals surface area (Å²) < 4.78 is 12.8. The van der Waals surface area contributed by atoms with Crippen molar-refractivity contribution in [2.24, 2.45) is 0 Å². The highest BCUT2D eigenvalue weighted by Crippen LogP contribution is 2.37. The Morgan fingerprint density at radius 2 is 1.81 bits per heavy atom. The fourth-order valence-corrected chi connectivity index (χ4v) is 3.47. The van der Waals surface area contributed by atoms with E-state index in [0.29, 0.717) is 11.5 Å². The molecule has 2 heterocycles. The van der Waals surface area contributed by atoms with Gasteiger partial charge in [-0.1, -0.05) is 48.2 Å². The van der Waals surface area contributed by atoms with Gasteiger partial charge in [-0.2, -0.15) is 4.98 Å². The molecule has 0 unspecified atom stereocenters. The molecule has 0 aliphatic carbocycles. The van der Waals surface area contributed by atoms with Crippen LogP contribution in [0.1, 0.15) is 17.2 Å². The number of ether oxygens (including phenoxy) is 2. The molecule has 27 heavy (non-hydrogen) atoms. The molecule has 2 aromatic carbocycles. The molecule has 1 atom stereocenters. The first kappa shape index (κ1) is 17.5. The van der Waals surface area contributed by atoms with Crippen molar-refractivity contribution in [3.63, 3.8) is 0 Å². The van der Waals surface area contributed by atoms with Crippen molar-refractivity contribution >= 4 is 23.4 Å². The van der Waals surface area contributed by atoms with Crippen LogP contribution in [0.15, 0.2) is 59.8 Å². The number of aromatic nitrogens is 3. The molecule has 7 heteroatoms. The number of thioether (sulfide) groups is 1. The Morgan fingerprint density at radius 1 is 1.04 bits per heavy atom. The van der Waals surface area contributed by atoms with Crippen LogP contribution in [0.3, 0.4) is 0 Å². The number of nitrogens with zero attached hydrogens (tertiary/aromatic N) is 3. The molecule has 0 saturated carbocycles. The molecule has 0 fully saturated rings.